The van der Waals surface area contributed by atoms with Crippen molar-refractivity contribution in [3.05, 3.63) is 135 Å². The molecule has 2 aliphatic carbocycles. The van der Waals surface area contributed by atoms with Gasteiger partial charge in [0.2, 0.25) is 0 Å². The molecule has 3 aromatic rings. The Morgan fingerprint density at radius 1 is 0.805 bits per heavy atom. The molecule has 0 radical (unpaired) electrons. The minimum Gasteiger partial charge on any atom is -0.485 e. The van der Waals surface area contributed by atoms with E-state index in [2.05, 4.69) is 35.1 Å². The largest absolute Gasteiger partial charge is 0.485 e. The van der Waals surface area contributed by atoms with Crippen molar-refractivity contribution in [3.8, 4) is 5.75 Å². The van der Waals surface area contributed by atoms with Gasteiger partial charge in [-0.05, 0) is 73.5 Å². The fourth-order valence-electron chi connectivity index (χ4n) is 6.29. The minimum atomic E-state index is -1.05. The van der Waals surface area contributed by atoms with Gasteiger partial charge < -0.3 is 19.3 Å². The number of carbonyl (C=O) groups is 1. The molecule has 7 heteroatoms. The Kier molecular flexibility index (Phi) is 6.25. The van der Waals surface area contributed by atoms with E-state index in [1.165, 1.54) is 5.70 Å². The first-order valence-corrected chi connectivity index (χ1v) is 14.4. The second-order valence-corrected chi connectivity index (χ2v) is 11.7. The van der Waals surface area contributed by atoms with Gasteiger partial charge in [0.1, 0.15) is 11.9 Å². The molecule has 0 amide bonds. The van der Waals surface area contributed by atoms with Crippen LogP contribution in [0.25, 0.3) is 0 Å². The molecule has 0 saturated carbocycles. The van der Waals surface area contributed by atoms with Crippen molar-refractivity contribution < 1.29 is 14.3 Å². The topological polar surface area (TPSA) is 42.0 Å². The minimum absolute atomic E-state index is 0.316. The van der Waals surface area contributed by atoms with E-state index in [-0.39, 0.29) is 12.1 Å². The lowest BCUT2D eigenvalue weighted by Crippen LogP contribution is -2.44. The first-order valence-electron chi connectivity index (χ1n) is 13.7. The summed E-state index contributed by atoms with van der Waals surface area (Å²) in [5.74, 6) is 0.379. The lowest BCUT2D eigenvalue weighted by Gasteiger charge is -2.44. The Morgan fingerprint density at radius 2 is 1.56 bits per heavy atom. The summed E-state index contributed by atoms with van der Waals surface area (Å²) >= 11 is 12.3. The van der Waals surface area contributed by atoms with E-state index in [1.807, 2.05) is 79.9 Å². The number of ether oxygens (including phenoxy) is 2. The van der Waals surface area contributed by atoms with Crippen LogP contribution >= 0.6 is 23.2 Å². The van der Waals surface area contributed by atoms with Crippen LogP contribution in [-0.2, 0) is 10.3 Å². The number of halogens is 2. The molecule has 206 valence electrons. The molecule has 4 aliphatic rings. The van der Waals surface area contributed by atoms with Crippen molar-refractivity contribution >= 4 is 40.5 Å². The van der Waals surface area contributed by atoms with Gasteiger partial charge in [0, 0.05) is 76.1 Å². The molecule has 2 heterocycles. The smallest absolute Gasteiger partial charge is 0.340 e. The molecule has 2 atom stereocenters. The van der Waals surface area contributed by atoms with Crippen molar-refractivity contribution in [1.29, 1.82) is 0 Å². The number of anilines is 2. The Bertz CT molecular complexity index is 1710. The molecule has 5 nitrogen and oxygen atoms in total. The van der Waals surface area contributed by atoms with E-state index in [0.29, 0.717) is 22.8 Å². The molecule has 1 spiro atoms. The van der Waals surface area contributed by atoms with Crippen LogP contribution in [0.3, 0.4) is 0 Å². The molecule has 41 heavy (non-hydrogen) atoms. The number of hydrogen-bond acceptors (Lipinski definition) is 5. The third-order valence-electron chi connectivity index (χ3n) is 8.53. The Balaban J connectivity index is 1.34. The highest BCUT2D eigenvalue weighted by Crippen LogP contribution is 2.56. The number of fused-ring (bicyclic) bond motifs is 6. The first-order chi connectivity index (χ1) is 19.8. The number of rotatable bonds is 4. The zero-order chi connectivity index (χ0) is 28.3. The quantitative estimate of drug-likeness (QED) is 0.290. The summed E-state index contributed by atoms with van der Waals surface area (Å²) in [4.78, 5) is 17.6. The summed E-state index contributed by atoms with van der Waals surface area (Å²) in [5, 5.41) is 1.56. The highest BCUT2D eigenvalue weighted by molar-refractivity contribution is 6.30. The summed E-state index contributed by atoms with van der Waals surface area (Å²) < 4.78 is 13.2. The highest BCUT2D eigenvalue weighted by atomic mass is 35.5. The second-order valence-electron chi connectivity index (χ2n) is 10.8. The first kappa shape index (κ1) is 26.0. The number of benzene rings is 3. The Labute approximate surface area is 249 Å². The number of hydrogen-bond donors (Lipinski definition) is 0. The van der Waals surface area contributed by atoms with Crippen LogP contribution in [0.4, 0.5) is 11.4 Å². The van der Waals surface area contributed by atoms with Gasteiger partial charge in [-0.25, -0.2) is 4.79 Å². The third kappa shape index (κ3) is 4.18. The van der Waals surface area contributed by atoms with Gasteiger partial charge in [0.05, 0.1) is 5.56 Å². The molecule has 0 aromatic heterocycles. The fraction of sp³-hybridized carbons (Fsp3) is 0.206. The van der Waals surface area contributed by atoms with Gasteiger partial charge in [-0.1, -0.05) is 47.5 Å². The highest BCUT2D eigenvalue weighted by Gasteiger charge is 2.56. The standard InChI is InChI=1S/C34H28Cl2N2O3/c1-37(23-11-7-21(35)8-12-23)25-15-17-29-31(19-25)40-32-20-26(38(2)24-13-9-22(36)10-14-24)16-18-30(32)34(29)28-6-4-3-5-27(28)33(39)41-34/h3-9,11-13,15-19,32H,10,14,20H2,1-2H3. The molecule has 0 bridgehead atoms. The number of allylic oxidation sites excluding steroid dienone is 6. The monoisotopic (exact) mass is 582 g/mol. The van der Waals surface area contributed by atoms with Crippen LogP contribution in [0.1, 0.15) is 40.7 Å². The van der Waals surface area contributed by atoms with Crippen LogP contribution in [-0.4, -0.2) is 31.1 Å². The van der Waals surface area contributed by atoms with E-state index < -0.39 is 5.60 Å². The van der Waals surface area contributed by atoms with Crippen molar-refractivity contribution in [2.75, 3.05) is 19.0 Å². The lowest BCUT2D eigenvalue weighted by molar-refractivity contribution is 0.00867. The van der Waals surface area contributed by atoms with Crippen LogP contribution in [0.2, 0.25) is 5.02 Å². The van der Waals surface area contributed by atoms with E-state index in [4.69, 9.17) is 32.7 Å². The fourth-order valence-corrected chi connectivity index (χ4v) is 6.57. The van der Waals surface area contributed by atoms with Crippen LogP contribution in [0, 0.1) is 0 Å². The number of carbonyl (C=O) groups excluding carboxylic acids is 1. The van der Waals surface area contributed by atoms with Gasteiger partial charge in [0.15, 0.2) is 5.60 Å². The van der Waals surface area contributed by atoms with Crippen molar-refractivity contribution in [2.45, 2.75) is 31.0 Å². The SMILES string of the molecule is CN(C1=CC=C(Cl)CC1)C1=CC=C2C(C1)Oc1cc(N(C)c3ccc(Cl)cc3)ccc1C21OC(=O)c2ccccc21. The van der Waals surface area contributed by atoms with E-state index in [1.54, 1.807) is 0 Å². The van der Waals surface area contributed by atoms with Crippen molar-refractivity contribution in [2.24, 2.45) is 0 Å². The van der Waals surface area contributed by atoms with Gasteiger partial charge in [0.25, 0.3) is 0 Å². The summed E-state index contributed by atoms with van der Waals surface area (Å²) in [6.45, 7) is 0. The zero-order valence-corrected chi connectivity index (χ0v) is 24.2. The van der Waals surface area contributed by atoms with E-state index in [0.717, 1.165) is 51.6 Å². The average Bonchev–Trinajstić information content (AvgIpc) is 3.29. The Hall–Kier alpha value is -3.93. The summed E-state index contributed by atoms with van der Waals surface area (Å²) in [6.07, 6.45) is 10.3. The lowest BCUT2D eigenvalue weighted by atomic mass is 9.73. The molecule has 3 aromatic carbocycles. The van der Waals surface area contributed by atoms with Crippen LogP contribution in [0.5, 0.6) is 5.75 Å². The number of nitrogens with zero attached hydrogens (tertiary/aromatic N) is 2. The maximum atomic E-state index is 13.3. The average molecular weight is 584 g/mol. The van der Waals surface area contributed by atoms with Crippen molar-refractivity contribution in [1.82, 2.24) is 4.90 Å². The normalized spacial score (nSPS) is 22.2. The van der Waals surface area contributed by atoms with Crippen LogP contribution in [0.15, 0.2) is 113 Å². The van der Waals surface area contributed by atoms with Crippen LogP contribution < -0.4 is 9.64 Å². The molecule has 0 N–H and O–H groups in total. The maximum Gasteiger partial charge on any atom is 0.340 e. The summed E-state index contributed by atoms with van der Waals surface area (Å²) in [6, 6.07) is 21.5. The van der Waals surface area contributed by atoms with Gasteiger partial charge >= 0.3 is 5.97 Å². The third-order valence-corrected chi connectivity index (χ3v) is 9.10. The summed E-state index contributed by atoms with van der Waals surface area (Å²) in [7, 11) is 4.09. The molecular weight excluding hydrogens is 555 g/mol. The molecule has 0 saturated heterocycles. The van der Waals surface area contributed by atoms with Crippen molar-refractivity contribution in [3.63, 3.8) is 0 Å². The van der Waals surface area contributed by atoms with E-state index >= 15 is 0 Å². The van der Waals surface area contributed by atoms with Gasteiger partial charge in [-0.2, -0.15) is 0 Å². The molecule has 7 rings (SSSR count). The van der Waals surface area contributed by atoms with Gasteiger partial charge in [-0.3, -0.25) is 0 Å². The molecule has 2 aliphatic heterocycles. The molecular formula is C34H28Cl2N2O3. The predicted octanol–water partition coefficient (Wildman–Crippen LogP) is 8.23. The molecule has 2 unspecified atom stereocenters. The summed E-state index contributed by atoms with van der Waals surface area (Å²) in [5.41, 5.74) is 6.42. The van der Waals surface area contributed by atoms with E-state index in [9.17, 15) is 4.79 Å². The number of esters is 1. The molecule has 0 fully saturated rings. The zero-order valence-electron chi connectivity index (χ0n) is 22.7. The Morgan fingerprint density at radius 3 is 2.34 bits per heavy atom. The predicted molar refractivity (Wildman–Crippen MR) is 163 cm³/mol. The van der Waals surface area contributed by atoms with Gasteiger partial charge in [-0.15, -0.1) is 0 Å². The second kappa shape index (κ2) is 9.86. The maximum absolute atomic E-state index is 13.3.